The molecule has 3 rings (SSSR count). The van der Waals surface area contributed by atoms with Crippen LogP contribution in [0.1, 0.15) is 40.3 Å². The third-order valence-corrected chi connectivity index (χ3v) is 5.60. The maximum atomic E-state index is 13.2. The van der Waals surface area contributed by atoms with Crippen LogP contribution in [0, 0.1) is 5.92 Å². The molecule has 0 radical (unpaired) electrons. The summed E-state index contributed by atoms with van der Waals surface area (Å²) in [4.78, 5) is 27.9. The summed E-state index contributed by atoms with van der Waals surface area (Å²) in [6.07, 6.45) is 0. The van der Waals surface area contributed by atoms with Crippen LogP contribution in [-0.4, -0.2) is 53.9 Å². The van der Waals surface area contributed by atoms with E-state index >= 15 is 0 Å². The lowest BCUT2D eigenvalue weighted by atomic mass is 9.92. The highest BCUT2D eigenvalue weighted by atomic mass is 16.5. The van der Waals surface area contributed by atoms with Gasteiger partial charge in [0.1, 0.15) is 23.9 Å². The number of amides is 3. The van der Waals surface area contributed by atoms with Crippen molar-refractivity contribution in [3.05, 3.63) is 60.3 Å². The van der Waals surface area contributed by atoms with Gasteiger partial charge in [0.05, 0.1) is 31.3 Å². The molecule has 0 spiro atoms. The van der Waals surface area contributed by atoms with Crippen LogP contribution in [-0.2, 0) is 10.2 Å². The number of methoxy groups -OCH3 is 2. The molecule has 0 atom stereocenters. The molecule has 3 aromatic rings. The molecule has 0 bridgehead atoms. The van der Waals surface area contributed by atoms with E-state index in [1.54, 1.807) is 30.0 Å². The van der Waals surface area contributed by atoms with E-state index in [0.29, 0.717) is 29.5 Å². The third kappa shape index (κ3) is 7.25. The Balaban J connectivity index is 1.81. The highest BCUT2D eigenvalue weighted by Crippen LogP contribution is 2.29. The minimum Gasteiger partial charge on any atom is -0.497 e. The van der Waals surface area contributed by atoms with Crippen molar-refractivity contribution in [2.75, 3.05) is 37.9 Å². The molecule has 0 fully saturated rings. The van der Waals surface area contributed by atoms with Crippen molar-refractivity contribution in [1.82, 2.24) is 14.7 Å². The van der Waals surface area contributed by atoms with E-state index in [-0.39, 0.29) is 23.8 Å². The number of nitrogens with one attached hydrogen (secondary N) is 2. The van der Waals surface area contributed by atoms with Crippen molar-refractivity contribution in [2.45, 2.75) is 40.0 Å². The Bertz CT molecular complexity index is 1220. The van der Waals surface area contributed by atoms with E-state index < -0.39 is 6.03 Å². The smallest absolute Gasteiger partial charge is 0.322 e. The van der Waals surface area contributed by atoms with Crippen molar-refractivity contribution in [1.29, 1.82) is 0 Å². The van der Waals surface area contributed by atoms with Gasteiger partial charge < -0.3 is 25.0 Å². The topological polar surface area (TPSA) is 97.7 Å². The number of rotatable bonds is 9. The van der Waals surface area contributed by atoms with Crippen molar-refractivity contribution in [3.8, 4) is 17.2 Å². The van der Waals surface area contributed by atoms with Gasteiger partial charge in [0.25, 0.3) is 0 Å². The first-order valence-electron chi connectivity index (χ1n) is 12.3. The third-order valence-electron chi connectivity index (χ3n) is 5.60. The number of hydrogen-bond acceptors (Lipinski definition) is 5. The predicted octanol–water partition coefficient (Wildman–Crippen LogP) is 5.32. The lowest BCUT2D eigenvalue weighted by Gasteiger charge is -2.25. The first-order chi connectivity index (χ1) is 17.5. The Kier molecular flexibility index (Phi) is 8.81. The number of urea groups is 1. The number of nitrogens with zero attached hydrogens (tertiary/aromatic N) is 3. The van der Waals surface area contributed by atoms with Gasteiger partial charge in [-0.05, 0) is 30.2 Å². The quantitative estimate of drug-likeness (QED) is 0.409. The number of carbonyl (C=O) groups is 2. The maximum Gasteiger partial charge on any atom is 0.322 e. The Labute approximate surface area is 218 Å². The van der Waals surface area contributed by atoms with Gasteiger partial charge in [0.15, 0.2) is 0 Å². The van der Waals surface area contributed by atoms with Gasteiger partial charge in [0.2, 0.25) is 5.91 Å². The van der Waals surface area contributed by atoms with Crippen molar-refractivity contribution in [2.24, 2.45) is 5.92 Å². The van der Waals surface area contributed by atoms with E-state index in [1.165, 1.54) is 12.0 Å². The summed E-state index contributed by atoms with van der Waals surface area (Å²) in [7, 11) is 3.08. The molecular formula is C28H37N5O4. The molecule has 198 valence electrons. The molecule has 1 heterocycles. The molecule has 3 amide bonds. The van der Waals surface area contributed by atoms with Gasteiger partial charge in [-0.15, -0.1) is 0 Å². The summed E-state index contributed by atoms with van der Waals surface area (Å²) in [6.45, 7) is 10.4. The molecule has 0 aliphatic rings. The summed E-state index contributed by atoms with van der Waals surface area (Å²) in [5, 5.41) is 10.6. The molecule has 0 saturated heterocycles. The molecule has 37 heavy (non-hydrogen) atoms. The van der Waals surface area contributed by atoms with Crippen LogP contribution in [0.15, 0.2) is 54.6 Å². The molecule has 1 aromatic heterocycles. The largest absolute Gasteiger partial charge is 0.497 e. The molecular weight excluding hydrogens is 470 g/mol. The summed E-state index contributed by atoms with van der Waals surface area (Å²) in [5.74, 6) is 1.44. The number of benzene rings is 2. The first-order valence-corrected chi connectivity index (χ1v) is 12.3. The fourth-order valence-corrected chi connectivity index (χ4v) is 3.71. The Morgan fingerprint density at radius 2 is 1.70 bits per heavy atom. The minimum atomic E-state index is -0.403. The van der Waals surface area contributed by atoms with Crippen LogP contribution in [0.5, 0.6) is 11.5 Å². The predicted molar refractivity (Wildman–Crippen MR) is 146 cm³/mol. The van der Waals surface area contributed by atoms with Crippen LogP contribution in [0.2, 0.25) is 0 Å². The van der Waals surface area contributed by atoms with E-state index in [1.807, 2.05) is 50.2 Å². The molecule has 0 aliphatic carbocycles. The van der Waals surface area contributed by atoms with Gasteiger partial charge in [-0.1, -0.05) is 52.8 Å². The molecule has 0 aliphatic heterocycles. The number of aromatic nitrogens is 2. The molecule has 2 N–H and O–H groups in total. The lowest BCUT2D eigenvalue weighted by Crippen LogP contribution is -2.42. The second-order valence-corrected chi connectivity index (χ2v) is 10.2. The fraction of sp³-hybridized carbons (Fsp3) is 0.393. The monoisotopic (exact) mass is 507 g/mol. The summed E-state index contributed by atoms with van der Waals surface area (Å²) in [6, 6.07) is 16.2. The van der Waals surface area contributed by atoms with Crippen LogP contribution < -0.4 is 20.1 Å². The van der Waals surface area contributed by atoms with Crippen LogP contribution >= 0.6 is 0 Å². The van der Waals surface area contributed by atoms with E-state index in [4.69, 9.17) is 14.6 Å². The first kappa shape index (κ1) is 27.6. The Hall–Kier alpha value is -4.01. The van der Waals surface area contributed by atoms with Crippen molar-refractivity contribution >= 4 is 23.4 Å². The second kappa shape index (κ2) is 11.8. The fourth-order valence-electron chi connectivity index (χ4n) is 3.71. The van der Waals surface area contributed by atoms with Gasteiger partial charge in [-0.3, -0.25) is 4.79 Å². The lowest BCUT2D eigenvalue weighted by molar-refractivity contribution is -0.116. The highest BCUT2D eigenvalue weighted by molar-refractivity contribution is 5.97. The molecule has 9 heteroatoms. The van der Waals surface area contributed by atoms with Gasteiger partial charge in [-0.25, -0.2) is 9.48 Å². The minimum absolute atomic E-state index is 0.132. The average Bonchev–Trinajstić information content (AvgIpc) is 3.28. The van der Waals surface area contributed by atoms with Crippen LogP contribution in [0.4, 0.5) is 16.3 Å². The SMILES string of the molecule is COc1ccc(NC(=O)N(CC(=O)Nc2cc(C(C)(C)C)nn2-c2ccccc2)CC(C)C)c(OC)c1. The van der Waals surface area contributed by atoms with Crippen LogP contribution in [0.3, 0.4) is 0 Å². The standard InChI is InChI=1S/C28H37N5O4/c1-19(2)17-32(27(35)29-22-14-13-21(36-6)15-23(22)37-7)18-26(34)30-25-16-24(28(3,4)5)31-33(25)20-11-9-8-10-12-20/h8-16,19H,17-18H2,1-7H3,(H,29,35)(H,30,34). The number of anilines is 2. The Morgan fingerprint density at radius 1 is 1.00 bits per heavy atom. The van der Waals surface area contributed by atoms with Gasteiger partial charge >= 0.3 is 6.03 Å². The average molecular weight is 508 g/mol. The second-order valence-electron chi connectivity index (χ2n) is 10.2. The summed E-state index contributed by atoms with van der Waals surface area (Å²) < 4.78 is 12.3. The zero-order valence-electron chi connectivity index (χ0n) is 22.7. The zero-order chi connectivity index (χ0) is 27.2. The summed E-state index contributed by atoms with van der Waals surface area (Å²) in [5.41, 5.74) is 1.95. The highest BCUT2D eigenvalue weighted by Gasteiger charge is 2.24. The maximum absolute atomic E-state index is 13.2. The van der Waals surface area contributed by atoms with Crippen LogP contribution in [0.25, 0.3) is 5.69 Å². The van der Waals surface area contributed by atoms with E-state index in [2.05, 4.69) is 31.4 Å². The number of carbonyl (C=O) groups excluding carboxylic acids is 2. The van der Waals surface area contributed by atoms with E-state index in [9.17, 15) is 9.59 Å². The number of hydrogen-bond donors (Lipinski definition) is 2. The van der Waals surface area contributed by atoms with Crippen molar-refractivity contribution < 1.29 is 19.1 Å². The van der Waals surface area contributed by atoms with Crippen molar-refractivity contribution in [3.63, 3.8) is 0 Å². The Morgan fingerprint density at radius 3 is 2.30 bits per heavy atom. The number of ether oxygens (including phenoxy) is 2. The molecule has 2 aromatic carbocycles. The molecule has 9 nitrogen and oxygen atoms in total. The zero-order valence-corrected chi connectivity index (χ0v) is 22.7. The molecule has 0 unspecified atom stereocenters. The van der Waals surface area contributed by atoms with E-state index in [0.717, 1.165) is 11.4 Å². The normalized spacial score (nSPS) is 11.2. The number of para-hydroxylation sites is 1. The molecule has 0 saturated carbocycles. The van der Waals surface area contributed by atoms with Gasteiger partial charge in [0, 0.05) is 24.1 Å². The van der Waals surface area contributed by atoms with Gasteiger partial charge in [-0.2, -0.15) is 5.10 Å². The summed E-state index contributed by atoms with van der Waals surface area (Å²) >= 11 is 0.